The van der Waals surface area contributed by atoms with Crippen LogP contribution in [0.25, 0.3) is 93.9 Å². The highest BCUT2D eigenvalue weighted by Crippen LogP contribution is 2.42. The van der Waals surface area contributed by atoms with E-state index in [0.29, 0.717) is 0 Å². The lowest BCUT2D eigenvalue weighted by Crippen LogP contribution is -1.96. The highest BCUT2D eigenvalue weighted by molar-refractivity contribution is 6.26. The maximum absolute atomic E-state index is 6.37. The number of rotatable bonds is 3. The van der Waals surface area contributed by atoms with E-state index in [2.05, 4.69) is 146 Å². The van der Waals surface area contributed by atoms with E-state index in [1.165, 1.54) is 82.0 Å². The van der Waals surface area contributed by atoms with Crippen LogP contribution in [0.2, 0.25) is 0 Å². The number of fused-ring (bicyclic) bond motifs is 3. The maximum atomic E-state index is 6.37. The van der Waals surface area contributed by atoms with Crippen molar-refractivity contribution in [2.75, 3.05) is 0 Å². The fourth-order valence-corrected chi connectivity index (χ4v) is 7.81. The molecule has 0 spiro atoms. The van der Waals surface area contributed by atoms with E-state index >= 15 is 0 Å². The smallest absolute Gasteiger partial charge is 0.135 e. The standard InChI is InChI=1S/C44H28O/c1-26(22-32-17-16-28-7-2-6-27-9-4-12-35(32)42(27)28)31-18-20-40-38(23-31)39-24-33(19-21-41(39)45-40)37-25-34-11-3-8-29-14-15-30-10-5-13-36(37)44(30)43(29)34/h2-11,13-25H,12H2,1H3/b26-22+. The third-order valence-electron chi connectivity index (χ3n) is 9.96. The van der Waals surface area contributed by atoms with Crippen LogP contribution in [-0.4, -0.2) is 0 Å². The lowest BCUT2D eigenvalue weighted by molar-refractivity contribution is 0.669. The summed E-state index contributed by atoms with van der Waals surface area (Å²) < 4.78 is 6.37. The molecule has 1 aliphatic carbocycles. The first-order valence-electron chi connectivity index (χ1n) is 15.7. The molecule has 0 saturated heterocycles. The summed E-state index contributed by atoms with van der Waals surface area (Å²) in [6, 6.07) is 44.6. The predicted molar refractivity (Wildman–Crippen MR) is 193 cm³/mol. The van der Waals surface area contributed by atoms with E-state index in [4.69, 9.17) is 4.42 Å². The van der Waals surface area contributed by atoms with Gasteiger partial charge >= 0.3 is 0 Å². The van der Waals surface area contributed by atoms with Crippen molar-refractivity contribution in [2.45, 2.75) is 13.3 Å². The molecule has 10 rings (SSSR count). The monoisotopic (exact) mass is 572 g/mol. The van der Waals surface area contributed by atoms with Crippen LogP contribution in [0.3, 0.4) is 0 Å². The van der Waals surface area contributed by atoms with Crippen LogP contribution in [0.5, 0.6) is 0 Å². The SMILES string of the molecule is C/C(=C\c1ccc2cccc3c2c1CC=C3)c1ccc2oc3ccc(-c4cc5cccc6ccc7cccc4c7c65)cc3c2c1. The van der Waals surface area contributed by atoms with Gasteiger partial charge in [0.1, 0.15) is 11.2 Å². The third-order valence-corrected chi connectivity index (χ3v) is 9.96. The largest absolute Gasteiger partial charge is 0.456 e. The van der Waals surface area contributed by atoms with Crippen molar-refractivity contribution in [1.29, 1.82) is 0 Å². The molecular formula is C44H28O. The minimum Gasteiger partial charge on any atom is -0.456 e. The van der Waals surface area contributed by atoms with Crippen molar-refractivity contribution in [2.24, 2.45) is 0 Å². The Labute approximate surface area is 260 Å². The molecule has 210 valence electrons. The summed E-state index contributed by atoms with van der Waals surface area (Å²) in [5, 5.41) is 12.8. The first-order valence-corrected chi connectivity index (χ1v) is 15.7. The topological polar surface area (TPSA) is 13.1 Å². The Morgan fingerprint density at radius 3 is 2.20 bits per heavy atom. The van der Waals surface area contributed by atoms with Crippen LogP contribution in [0.1, 0.15) is 29.2 Å². The van der Waals surface area contributed by atoms with Gasteiger partial charge in [-0.15, -0.1) is 0 Å². The molecule has 9 aromatic rings. The van der Waals surface area contributed by atoms with Gasteiger partial charge in [0.2, 0.25) is 0 Å². The molecular weight excluding hydrogens is 544 g/mol. The Morgan fingerprint density at radius 2 is 1.31 bits per heavy atom. The van der Waals surface area contributed by atoms with Crippen LogP contribution < -0.4 is 0 Å². The first kappa shape index (κ1) is 24.7. The van der Waals surface area contributed by atoms with Crippen LogP contribution >= 0.6 is 0 Å². The molecule has 0 fully saturated rings. The molecule has 0 unspecified atom stereocenters. The summed E-state index contributed by atoms with van der Waals surface area (Å²) >= 11 is 0. The predicted octanol–water partition coefficient (Wildman–Crippen LogP) is 12.4. The maximum Gasteiger partial charge on any atom is 0.135 e. The summed E-state index contributed by atoms with van der Waals surface area (Å²) in [5.74, 6) is 0. The second-order valence-electron chi connectivity index (χ2n) is 12.5. The summed E-state index contributed by atoms with van der Waals surface area (Å²) in [7, 11) is 0. The summed E-state index contributed by atoms with van der Waals surface area (Å²) in [5.41, 5.74) is 10.8. The van der Waals surface area contributed by atoms with Crippen LogP contribution in [-0.2, 0) is 6.42 Å². The van der Waals surface area contributed by atoms with E-state index in [-0.39, 0.29) is 0 Å². The van der Waals surface area contributed by atoms with Gasteiger partial charge in [-0.05, 0) is 126 Å². The molecule has 0 bridgehead atoms. The molecule has 45 heavy (non-hydrogen) atoms. The lowest BCUT2D eigenvalue weighted by atomic mass is 9.88. The highest BCUT2D eigenvalue weighted by atomic mass is 16.3. The Hall–Kier alpha value is -5.66. The van der Waals surface area contributed by atoms with Crippen molar-refractivity contribution < 1.29 is 4.42 Å². The summed E-state index contributed by atoms with van der Waals surface area (Å²) in [6.45, 7) is 2.22. The molecule has 1 aromatic heterocycles. The number of hydrogen-bond acceptors (Lipinski definition) is 1. The van der Waals surface area contributed by atoms with E-state index in [1.807, 2.05) is 0 Å². The minimum absolute atomic E-state index is 0.919. The van der Waals surface area contributed by atoms with Crippen LogP contribution in [0.4, 0.5) is 0 Å². The van der Waals surface area contributed by atoms with Crippen molar-refractivity contribution in [1.82, 2.24) is 0 Å². The minimum atomic E-state index is 0.919. The number of furan rings is 1. The lowest BCUT2D eigenvalue weighted by Gasteiger charge is -2.16. The van der Waals surface area contributed by atoms with Crippen molar-refractivity contribution in [3.63, 3.8) is 0 Å². The van der Waals surface area contributed by atoms with Gasteiger partial charge in [-0.2, -0.15) is 0 Å². The molecule has 0 saturated carbocycles. The quantitative estimate of drug-likeness (QED) is 0.152. The van der Waals surface area contributed by atoms with Crippen molar-refractivity contribution >= 4 is 82.8 Å². The van der Waals surface area contributed by atoms with Gasteiger partial charge in [-0.25, -0.2) is 0 Å². The van der Waals surface area contributed by atoms with Gasteiger partial charge in [-0.3, -0.25) is 0 Å². The van der Waals surface area contributed by atoms with E-state index in [9.17, 15) is 0 Å². The zero-order valence-corrected chi connectivity index (χ0v) is 24.9. The van der Waals surface area contributed by atoms with E-state index in [0.717, 1.165) is 28.4 Å². The second-order valence-corrected chi connectivity index (χ2v) is 12.5. The first-order chi connectivity index (χ1) is 22.2. The number of benzene rings is 8. The molecule has 1 nitrogen and oxygen atoms in total. The number of hydrogen-bond donors (Lipinski definition) is 0. The average Bonchev–Trinajstić information content (AvgIpc) is 3.45. The van der Waals surface area contributed by atoms with E-state index in [1.54, 1.807) is 0 Å². The Balaban J connectivity index is 1.13. The average molecular weight is 573 g/mol. The zero-order chi connectivity index (χ0) is 29.6. The molecule has 8 aromatic carbocycles. The summed E-state index contributed by atoms with van der Waals surface area (Å²) in [4.78, 5) is 0. The molecule has 0 amide bonds. The van der Waals surface area contributed by atoms with Gasteiger partial charge in [0, 0.05) is 10.8 Å². The molecule has 0 N–H and O–H groups in total. The molecule has 0 radical (unpaired) electrons. The summed E-state index contributed by atoms with van der Waals surface area (Å²) in [6.07, 6.45) is 7.85. The molecule has 1 aliphatic rings. The van der Waals surface area contributed by atoms with Crippen LogP contribution in [0.15, 0.2) is 132 Å². The van der Waals surface area contributed by atoms with Crippen molar-refractivity contribution in [3.8, 4) is 11.1 Å². The van der Waals surface area contributed by atoms with Gasteiger partial charge in [0.15, 0.2) is 0 Å². The molecule has 0 atom stereocenters. The normalized spacial score (nSPS) is 13.4. The van der Waals surface area contributed by atoms with Crippen LogP contribution in [0, 0.1) is 0 Å². The Morgan fingerprint density at radius 1 is 0.600 bits per heavy atom. The fourth-order valence-electron chi connectivity index (χ4n) is 7.81. The molecule has 1 heteroatoms. The van der Waals surface area contributed by atoms with Gasteiger partial charge in [-0.1, -0.05) is 109 Å². The van der Waals surface area contributed by atoms with Gasteiger partial charge < -0.3 is 4.42 Å². The Bertz CT molecular complexity index is 2730. The molecule has 1 heterocycles. The third kappa shape index (κ3) is 3.62. The van der Waals surface area contributed by atoms with Gasteiger partial charge in [0.05, 0.1) is 0 Å². The van der Waals surface area contributed by atoms with E-state index < -0.39 is 0 Å². The Kier molecular flexibility index (Phi) is 5.04. The van der Waals surface area contributed by atoms with Gasteiger partial charge in [0.25, 0.3) is 0 Å². The highest BCUT2D eigenvalue weighted by Gasteiger charge is 2.16. The second kappa shape index (κ2) is 9.17. The number of allylic oxidation sites excluding steroid dienone is 2. The van der Waals surface area contributed by atoms with Crippen molar-refractivity contribution in [3.05, 3.63) is 150 Å². The zero-order valence-electron chi connectivity index (χ0n) is 24.9. The molecule has 0 aliphatic heterocycles. The fraction of sp³-hybridized carbons (Fsp3) is 0.0455.